The van der Waals surface area contributed by atoms with Gasteiger partial charge in [-0.1, -0.05) is 40.2 Å². The molecule has 158 valence electrons. The number of hydrogen-bond donors (Lipinski definition) is 3. The second-order valence-corrected chi connectivity index (χ2v) is 7.71. The minimum Gasteiger partial charge on any atom is -0.493 e. The molecule has 0 atom stereocenters. The third-order valence-electron chi connectivity index (χ3n) is 4.13. The van der Waals surface area contributed by atoms with Gasteiger partial charge in [-0.3, -0.25) is 14.9 Å². The van der Waals surface area contributed by atoms with Crippen LogP contribution in [0.1, 0.15) is 27.6 Å². The normalized spacial score (nSPS) is 10.1. The molecule has 2 amide bonds. The summed E-state index contributed by atoms with van der Waals surface area (Å²) in [5, 5.41) is 8.57. The van der Waals surface area contributed by atoms with E-state index in [4.69, 9.17) is 17.0 Å². The van der Waals surface area contributed by atoms with E-state index in [-0.39, 0.29) is 11.0 Å². The maximum Gasteiger partial charge on any atom is 0.261 e. The number of nitrogens with one attached hydrogen (secondary N) is 3. The standard InChI is InChI=1S/C23H20BrN3O3S/c1-2-30-20-12-11-16(24)13-19(20)22(29)27-23(31)26-18-10-6-9-17(14-18)25-21(28)15-7-4-3-5-8-15/h3-14H,2H2,1H3,(H,25,28)(H2,26,27,29,31). The fraction of sp³-hybridized carbons (Fsp3) is 0.0870. The molecule has 0 bridgehead atoms. The lowest BCUT2D eigenvalue weighted by molar-refractivity contribution is 0.0972. The van der Waals surface area contributed by atoms with E-state index in [1.54, 1.807) is 66.7 Å². The average Bonchev–Trinajstić information content (AvgIpc) is 2.76. The highest BCUT2D eigenvalue weighted by Crippen LogP contribution is 2.23. The van der Waals surface area contributed by atoms with Crippen LogP contribution in [-0.2, 0) is 0 Å². The van der Waals surface area contributed by atoms with Gasteiger partial charge >= 0.3 is 0 Å². The van der Waals surface area contributed by atoms with Crippen LogP contribution < -0.4 is 20.7 Å². The maximum atomic E-state index is 12.7. The second kappa shape index (κ2) is 10.7. The van der Waals surface area contributed by atoms with Gasteiger partial charge < -0.3 is 15.4 Å². The summed E-state index contributed by atoms with van der Waals surface area (Å²) in [4.78, 5) is 25.0. The molecule has 0 spiro atoms. The number of hydrogen-bond acceptors (Lipinski definition) is 4. The maximum absolute atomic E-state index is 12.7. The summed E-state index contributed by atoms with van der Waals surface area (Å²) in [5.74, 6) is -0.140. The van der Waals surface area contributed by atoms with Gasteiger partial charge in [-0.05, 0) is 67.7 Å². The highest BCUT2D eigenvalue weighted by Gasteiger charge is 2.15. The second-order valence-electron chi connectivity index (χ2n) is 6.38. The van der Waals surface area contributed by atoms with E-state index >= 15 is 0 Å². The van der Waals surface area contributed by atoms with Crippen molar-refractivity contribution in [3.05, 3.63) is 88.4 Å². The van der Waals surface area contributed by atoms with E-state index in [1.165, 1.54) is 0 Å². The summed E-state index contributed by atoms with van der Waals surface area (Å²) in [6.07, 6.45) is 0. The van der Waals surface area contributed by atoms with E-state index < -0.39 is 5.91 Å². The SMILES string of the molecule is CCOc1ccc(Br)cc1C(=O)NC(=S)Nc1cccc(NC(=O)c2ccccc2)c1. The van der Waals surface area contributed by atoms with Crippen molar-refractivity contribution in [3.8, 4) is 5.75 Å². The van der Waals surface area contributed by atoms with Crippen LogP contribution in [0.25, 0.3) is 0 Å². The number of halogens is 1. The van der Waals surface area contributed by atoms with E-state index in [9.17, 15) is 9.59 Å². The molecule has 3 rings (SSSR count). The van der Waals surface area contributed by atoms with Crippen LogP contribution >= 0.6 is 28.1 Å². The molecule has 3 aromatic rings. The first-order valence-electron chi connectivity index (χ1n) is 9.47. The van der Waals surface area contributed by atoms with Gasteiger partial charge in [0, 0.05) is 21.4 Å². The van der Waals surface area contributed by atoms with Crippen LogP contribution in [0, 0.1) is 0 Å². The third-order valence-corrected chi connectivity index (χ3v) is 4.82. The monoisotopic (exact) mass is 497 g/mol. The number of carbonyl (C=O) groups excluding carboxylic acids is 2. The van der Waals surface area contributed by atoms with E-state index in [0.717, 1.165) is 4.47 Å². The Morgan fingerprint density at radius 2 is 1.61 bits per heavy atom. The van der Waals surface area contributed by atoms with Gasteiger partial charge in [0.2, 0.25) is 0 Å². The van der Waals surface area contributed by atoms with Gasteiger partial charge in [-0.2, -0.15) is 0 Å². The first-order valence-corrected chi connectivity index (χ1v) is 10.7. The fourth-order valence-corrected chi connectivity index (χ4v) is 3.33. The zero-order chi connectivity index (χ0) is 22.2. The summed E-state index contributed by atoms with van der Waals surface area (Å²) < 4.78 is 6.27. The molecule has 0 saturated heterocycles. The topological polar surface area (TPSA) is 79.5 Å². The van der Waals surface area contributed by atoms with Crippen molar-refractivity contribution >= 4 is 56.4 Å². The Hall–Kier alpha value is -3.23. The van der Waals surface area contributed by atoms with Crippen molar-refractivity contribution in [3.63, 3.8) is 0 Å². The lowest BCUT2D eigenvalue weighted by Crippen LogP contribution is -2.34. The lowest BCUT2D eigenvalue weighted by Gasteiger charge is -2.13. The number of anilines is 2. The van der Waals surface area contributed by atoms with E-state index in [2.05, 4.69) is 31.9 Å². The van der Waals surface area contributed by atoms with Gasteiger partial charge in [0.05, 0.1) is 12.2 Å². The molecule has 6 nitrogen and oxygen atoms in total. The van der Waals surface area contributed by atoms with Crippen molar-refractivity contribution < 1.29 is 14.3 Å². The Kier molecular flexibility index (Phi) is 7.75. The number of rotatable bonds is 6. The van der Waals surface area contributed by atoms with Gasteiger partial charge in [-0.25, -0.2) is 0 Å². The van der Waals surface area contributed by atoms with Crippen molar-refractivity contribution in [2.24, 2.45) is 0 Å². The molecule has 0 fully saturated rings. The zero-order valence-corrected chi connectivity index (χ0v) is 19.0. The van der Waals surface area contributed by atoms with Crippen LogP contribution in [0.2, 0.25) is 0 Å². The quantitative estimate of drug-likeness (QED) is 0.406. The van der Waals surface area contributed by atoms with Crippen molar-refractivity contribution in [2.45, 2.75) is 6.92 Å². The van der Waals surface area contributed by atoms with Crippen LogP contribution in [0.15, 0.2) is 77.3 Å². The summed E-state index contributed by atoms with van der Waals surface area (Å²) in [5.41, 5.74) is 2.14. The molecule has 3 N–H and O–H groups in total. The van der Waals surface area contributed by atoms with Gasteiger partial charge in [0.25, 0.3) is 11.8 Å². The minimum atomic E-state index is -0.393. The van der Waals surface area contributed by atoms with Gasteiger partial charge in [0.15, 0.2) is 5.11 Å². The molecular weight excluding hydrogens is 478 g/mol. The summed E-state index contributed by atoms with van der Waals surface area (Å²) in [6.45, 7) is 2.28. The number of carbonyl (C=O) groups is 2. The predicted octanol–water partition coefficient (Wildman–Crippen LogP) is 5.23. The van der Waals surface area contributed by atoms with Crippen molar-refractivity contribution in [2.75, 3.05) is 17.2 Å². The smallest absolute Gasteiger partial charge is 0.261 e. The summed E-state index contributed by atoms with van der Waals surface area (Å²) >= 11 is 8.64. The molecule has 0 aliphatic heterocycles. The number of benzene rings is 3. The van der Waals surface area contributed by atoms with Crippen LogP contribution in [0.3, 0.4) is 0 Å². The predicted molar refractivity (Wildman–Crippen MR) is 130 cm³/mol. The van der Waals surface area contributed by atoms with E-state index in [0.29, 0.717) is 34.9 Å². The molecule has 0 saturated carbocycles. The molecule has 0 radical (unpaired) electrons. The number of amides is 2. The number of ether oxygens (including phenoxy) is 1. The third kappa shape index (κ3) is 6.37. The molecule has 0 aromatic heterocycles. The Balaban J connectivity index is 1.65. The molecule has 8 heteroatoms. The molecule has 0 aliphatic rings. The first-order chi connectivity index (χ1) is 15.0. The minimum absolute atomic E-state index is 0.124. The Morgan fingerprint density at radius 1 is 0.903 bits per heavy atom. The Bertz CT molecular complexity index is 1110. The van der Waals surface area contributed by atoms with Crippen LogP contribution in [0.5, 0.6) is 5.75 Å². The molecule has 0 aliphatic carbocycles. The van der Waals surface area contributed by atoms with Crippen LogP contribution in [-0.4, -0.2) is 23.5 Å². The first kappa shape index (κ1) is 22.5. The van der Waals surface area contributed by atoms with Crippen molar-refractivity contribution in [1.82, 2.24) is 5.32 Å². The average molecular weight is 498 g/mol. The molecule has 0 unspecified atom stereocenters. The molecular formula is C23H20BrN3O3S. The largest absolute Gasteiger partial charge is 0.493 e. The van der Waals surface area contributed by atoms with Crippen LogP contribution in [0.4, 0.5) is 11.4 Å². The van der Waals surface area contributed by atoms with E-state index in [1.807, 2.05) is 13.0 Å². The Labute approximate surface area is 194 Å². The highest BCUT2D eigenvalue weighted by molar-refractivity contribution is 9.10. The van der Waals surface area contributed by atoms with Gasteiger partial charge in [0.1, 0.15) is 5.75 Å². The number of thiocarbonyl (C=S) groups is 1. The molecule has 3 aromatic carbocycles. The molecule has 31 heavy (non-hydrogen) atoms. The van der Waals surface area contributed by atoms with Gasteiger partial charge in [-0.15, -0.1) is 0 Å². The zero-order valence-electron chi connectivity index (χ0n) is 16.6. The van der Waals surface area contributed by atoms with Crippen molar-refractivity contribution in [1.29, 1.82) is 0 Å². The highest BCUT2D eigenvalue weighted by atomic mass is 79.9. The lowest BCUT2D eigenvalue weighted by atomic mass is 10.2. The fourth-order valence-electron chi connectivity index (χ4n) is 2.76. The summed E-state index contributed by atoms with van der Waals surface area (Å²) in [6, 6.07) is 21.2. The Morgan fingerprint density at radius 3 is 2.32 bits per heavy atom. The molecule has 0 heterocycles. The summed E-state index contributed by atoms with van der Waals surface area (Å²) in [7, 11) is 0.